The molecule has 0 spiro atoms. The van der Waals surface area contributed by atoms with Crippen molar-refractivity contribution in [3.63, 3.8) is 0 Å². The number of nitrogens with zero attached hydrogens (tertiary/aromatic N) is 3. The van der Waals surface area contributed by atoms with Crippen LogP contribution in [0.25, 0.3) is 10.4 Å². The third kappa shape index (κ3) is 15.3. The maximum Gasteiger partial charge on any atom is 0.246 e. The summed E-state index contributed by atoms with van der Waals surface area (Å²) in [6, 6.07) is 17.7. The number of nitrogens with one attached hydrogen (secondary N) is 3. The fourth-order valence-corrected chi connectivity index (χ4v) is 10.6. The van der Waals surface area contributed by atoms with Gasteiger partial charge in [0.25, 0.3) is 0 Å². The van der Waals surface area contributed by atoms with Crippen molar-refractivity contribution in [3.05, 3.63) is 106 Å². The molecule has 0 saturated carbocycles. The number of hydrogen-bond acceptors (Lipinski definition) is 14. The van der Waals surface area contributed by atoms with Crippen LogP contribution in [0.3, 0.4) is 0 Å². The lowest BCUT2D eigenvalue weighted by Crippen LogP contribution is -2.58. The highest BCUT2D eigenvalue weighted by Gasteiger charge is 2.45. The van der Waals surface area contributed by atoms with Gasteiger partial charge >= 0.3 is 0 Å². The largest absolute Gasteiger partial charge is 0.391 e. The summed E-state index contributed by atoms with van der Waals surface area (Å²) in [6.07, 6.45) is 1.24. The summed E-state index contributed by atoms with van der Waals surface area (Å²) in [7, 11) is 0. The topological polar surface area (TPSA) is 267 Å². The molecule has 0 aliphatic carbocycles. The first-order valence-corrected chi connectivity index (χ1v) is 27.0. The summed E-state index contributed by atoms with van der Waals surface area (Å²) in [4.78, 5) is 87.9. The summed E-state index contributed by atoms with van der Waals surface area (Å²) in [5.74, 6) is -2.43. The zero-order valence-electron chi connectivity index (χ0n) is 44.2. The van der Waals surface area contributed by atoms with Gasteiger partial charge in [0, 0.05) is 32.4 Å². The average molecular weight is 1070 g/mol. The first-order chi connectivity index (χ1) is 36.4. The first-order valence-electron chi connectivity index (χ1n) is 26.1. The van der Waals surface area contributed by atoms with Gasteiger partial charge in [0.15, 0.2) is 0 Å². The van der Waals surface area contributed by atoms with E-state index >= 15 is 0 Å². The van der Waals surface area contributed by atoms with E-state index in [9.17, 15) is 33.9 Å². The second kappa shape index (κ2) is 26.8. The number of primary amides is 1. The third-order valence-corrected chi connectivity index (χ3v) is 15.1. The molecule has 0 radical (unpaired) electrons. The van der Waals surface area contributed by atoms with E-state index in [4.69, 9.17) is 30.4 Å². The number of anilines is 1. The van der Waals surface area contributed by atoms with Crippen LogP contribution >= 0.6 is 11.3 Å². The molecule has 0 unspecified atom stereocenters. The summed E-state index contributed by atoms with van der Waals surface area (Å²) in [5.41, 5.74) is 20.4. The molecule has 3 aromatic carbocycles. The van der Waals surface area contributed by atoms with E-state index in [0.29, 0.717) is 45.5 Å². The van der Waals surface area contributed by atoms with Gasteiger partial charge in [-0.15, -0.1) is 11.3 Å². The maximum atomic E-state index is 14.0. The highest BCUT2D eigenvalue weighted by Crippen LogP contribution is 2.39. The Morgan fingerprint density at radius 1 is 0.868 bits per heavy atom. The molecule has 7 rings (SSSR count). The van der Waals surface area contributed by atoms with Crippen molar-refractivity contribution in [2.45, 2.75) is 135 Å². The molecule has 1 saturated heterocycles. The number of aliphatic hydroxyl groups is 1. The van der Waals surface area contributed by atoms with Crippen LogP contribution in [0, 0.1) is 12.3 Å². The number of β-amino-alcohol motifs (C(OH)–C–C–N with tert-alkyl or cyclic N) is 1. The molecule has 0 bridgehead atoms. The minimum absolute atomic E-state index is 0.0287. The number of carbonyl (C=O) groups excluding carboxylic acids is 6. The predicted molar refractivity (Wildman–Crippen MR) is 287 cm³/mol. The SMILES string of the molecule is Cc1ncsc1-c1ccc(CNC(=O)[C@@H]2C[C@@H](O)CN2C(=O)[C@@H](NC(=O)COCCOCCOCCc2ccc(CO[C@H](C)[C@H](CCC(N)=O)NC(=O)[C@@H]3Cc4cccc5c4N3C(=O)[C@@H](N)CC5)cc2)C(C)(C)C)cc1. The van der Waals surface area contributed by atoms with Gasteiger partial charge in [0.1, 0.15) is 24.7 Å². The summed E-state index contributed by atoms with van der Waals surface area (Å²) < 4.78 is 23.2. The van der Waals surface area contributed by atoms with Gasteiger partial charge in [-0.2, -0.15) is 0 Å². The van der Waals surface area contributed by atoms with Crippen LogP contribution in [0.5, 0.6) is 0 Å². The van der Waals surface area contributed by atoms with Crippen molar-refractivity contribution in [1.29, 1.82) is 0 Å². The molecule has 20 heteroatoms. The number of thiazole rings is 1. The second-order valence-electron chi connectivity index (χ2n) is 20.9. The lowest BCUT2D eigenvalue weighted by atomic mass is 9.85. The van der Waals surface area contributed by atoms with E-state index in [1.54, 1.807) is 21.7 Å². The van der Waals surface area contributed by atoms with E-state index in [0.717, 1.165) is 49.6 Å². The average Bonchev–Trinajstić information content (AvgIpc) is 4.13. The van der Waals surface area contributed by atoms with Crippen LogP contribution in [0.2, 0.25) is 0 Å². The second-order valence-corrected chi connectivity index (χ2v) is 21.8. The Morgan fingerprint density at radius 3 is 2.22 bits per heavy atom. The van der Waals surface area contributed by atoms with Crippen molar-refractivity contribution < 1.29 is 52.8 Å². The lowest BCUT2D eigenvalue weighted by Gasteiger charge is -2.35. The van der Waals surface area contributed by atoms with Crippen LogP contribution in [-0.4, -0.2) is 139 Å². The van der Waals surface area contributed by atoms with E-state index < -0.39 is 65.6 Å². The number of benzene rings is 3. The molecule has 410 valence electrons. The number of likely N-dealkylation sites (tertiary alicyclic amines) is 1. The van der Waals surface area contributed by atoms with Gasteiger partial charge in [0.2, 0.25) is 35.4 Å². The van der Waals surface area contributed by atoms with Crippen LogP contribution in [0.1, 0.15) is 86.9 Å². The Morgan fingerprint density at radius 2 is 1.54 bits per heavy atom. The predicted octanol–water partition coefficient (Wildman–Crippen LogP) is 3.41. The molecular weight excluding hydrogens is 993 g/mol. The smallest absolute Gasteiger partial charge is 0.246 e. The number of rotatable bonds is 26. The van der Waals surface area contributed by atoms with Gasteiger partial charge in [0.05, 0.1) is 85.7 Å². The van der Waals surface area contributed by atoms with Crippen molar-refractivity contribution in [1.82, 2.24) is 25.8 Å². The minimum Gasteiger partial charge on any atom is -0.391 e. The number of ether oxygens (including phenoxy) is 4. The Balaban J connectivity index is 0.763. The van der Waals surface area contributed by atoms with E-state index in [1.165, 1.54) is 4.90 Å². The van der Waals surface area contributed by atoms with Crippen LogP contribution in [-0.2, 0) is 80.1 Å². The minimum atomic E-state index is -0.981. The number of para-hydroxylation sites is 1. The lowest BCUT2D eigenvalue weighted by molar-refractivity contribution is -0.144. The molecule has 7 atom stereocenters. The van der Waals surface area contributed by atoms with Gasteiger partial charge in [-0.05, 0) is 78.3 Å². The highest BCUT2D eigenvalue weighted by molar-refractivity contribution is 7.13. The van der Waals surface area contributed by atoms with E-state index in [2.05, 4.69) is 20.9 Å². The Labute approximate surface area is 448 Å². The van der Waals surface area contributed by atoms with Crippen LogP contribution in [0.15, 0.2) is 72.2 Å². The summed E-state index contributed by atoms with van der Waals surface area (Å²) in [5, 5.41) is 19.4. The first kappa shape index (κ1) is 57.6. The summed E-state index contributed by atoms with van der Waals surface area (Å²) >= 11 is 1.57. The van der Waals surface area contributed by atoms with Crippen LogP contribution in [0.4, 0.5) is 5.69 Å². The highest BCUT2D eigenvalue weighted by atomic mass is 32.1. The zero-order valence-corrected chi connectivity index (χ0v) is 45.0. The van der Waals surface area contributed by atoms with Gasteiger partial charge in [-0.3, -0.25) is 33.7 Å². The van der Waals surface area contributed by atoms with E-state index in [1.807, 2.05) is 101 Å². The van der Waals surface area contributed by atoms with Gasteiger partial charge in [-0.1, -0.05) is 87.5 Å². The Kier molecular flexibility index (Phi) is 20.3. The number of hydrogen-bond donors (Lipinski definition) is 6. The zero-order chi connectivity index (χ0) is 54.5. The number of amides is 6. The standard InChI is InChI=1S/C56H74N8O11S/c1-34-50(76-33-60-34)40-15-13-37(14-16-40)29-59-52(68)45-28-42(65)30-63(45)55(71)51(56(3,4)5)62-48(67)32-74-26-25-73-24-23-72-22-21-36-9-11-38(12-10-36)31-75-35(2)44(19-20-47(58)66)61-53(69)46-27-41-8-6-7-39-17-18-43(57)54(70)64(46)49(39)41/h6-16,33,35,42-46,51,65H,17-32,57H2,1-5H3,(H2,58,66)(H,59,68)(H,61,69)(H,62,67)/t35-,42-,43+,44+,45+,46+,51-/m1/s1. The van der Waals surface area contributed by atoms with E-state index in [-0.39, 0.29) is 76.5 Å². The molecule has 1 aromatic heterocycles. The third-order valence-electron chi connectivity index (χ3n) is 14.1. The molecule has 76 heavy (non-hydrogen) atoms. The van der Waals surface area contributed by atoms with Gasteiger partial charge in [-0.25, -0.2) is 4.98 Å². The van der Waals surface area contributed by atoms with Gasteiger partial charge < -0.3 is 56.4 Å². The normalized spacial score (nSPS) is 19.4. The molecule has 1 fully saturated rings. The Hall–Kier alpha value is -6.13. The van der Waals surface area contributed by atoms with Crippen molar-refractivity contribution in [2.24, 2.45) is 16.9 Å². The number of nitrogens with two attached hydrogens (primary N) is 2. The van der Waals surface area contributed by atoms with Crippen molar-refractivity contribution in [2.75, 3.05) is 51.1 Å². The molecular formula is C56H74N8O11S. The van der Waals surface area contributed by atoms with Crippen LogP contribution < -0.4 is 32.3 Å². The quantitative estimate of drug-likeness (QED) is 0.0493. The summed E-state index contributed by atoms with van der Waals surface area (Å²) in [6.45, 7) is 11.0. The molecule has 19 nitrogen and oxygen atoms in total. The maximum absolute atomic E-state index is 14.0. The van der Waals surface area contributed by atoms with Crippen molar-refractivity contribution in [3.8, 4) is 10.4 Å². The Bertz CT molecular complexity index is 2640. The monoisotopic (exact) mass is 1070 g/mol. The fourth-order valence-electron chi connectivity index (χ4n) is 9.79. The molecule has 6 amide bonds. The van der Waals surface area contributed by atoms with Crippen molar-refractivity contribution >= 4 is 52.5 Å². The number of carbonyl (C=O) groups is 6. The molecule has 4 heterocycles. The number of aliphatic hydroxyl groups excluding tert-OH is 1. The number of aryl methyl sites for hydroxylation is 2. The molecule has 4 aromatic rings. The number of aromatic nitrogens is 1. The molecule has 8 N–H and O–H groups in total. The molecule has 3 aliphatic heterocycles. The fraction of sp³-hybridized carbons (Fsp3) is 0.518. The molecule has 3 aliphatic rings.